The van der Waals surface area contributed by atoms with Crippen molar-refractivity contribution in [1.82, 2.24) is 9.62 Å². The standard InChI is InChI=1S/C19H28N2O4S/c22-14-15-3-2-11-21(12-9-19(23)20-10-8-15)26(24,25)18-7-6-16-4-1-5-17(16)13-18/h6-7,13,15,22H,1-5,8-12,14H2,(H,20,23). The van der Waals surface area contributed by atoms with E-state index < -0.39 is 10.0 Å². The molecule has 144 valence electrons. The summed E-state index contributed by atoms with van der Waals surface area (Å²) >= 11 is 0. The Morgan fingerprint density at radius 3 is 2.69 bits per heavy atom. The zero-order valence-corrected chi connectivity index (χ0v) is 15.9. The van der Waals surface area contributed by atoms with Crippen LogP contribution in [0.25, 0.3) is 0 Å². The van der Waals surface area contributed by atoms with Gasteiger partial charge in [-0.2, -0.15) is 4.31 Å². The Bertz CT molecular complexity index is 748. The molecule has 1 aromatic carbocycles. The second-order valence-corrected chi connectivity index (χ2v) is 9.21. The van der Waals surface area contributed by atoms with Crippen LogP contribution in [-0.4, -0.2) is 50.0 Å². The van der Waals surface area contributed by atoms with Gasteiger partial charge in [0.2, 0.25) is 15.9 Å². The van der Waals surface area contributed by atoms with Crippen molar-refractivity contribution in [3.63, 3.8) is 0 Å². The summed E-state index contributed by atoms with van der Waals surface area (Å²) in [5.74, 6) is -0.0457. The summed E-state index contributed by atoms with van der Waals surface area (Å²) in [7, 11) is -3.62. The van der Waals surface area contributed by atoms with E-state index in [1.54, 1.807) is 12.1 Å². The van der Waals surface area contributed by atoms with E-state index in [0.29, 0.717) is 24.4 Å². The van der Waals surface area contributed by atoms with Crippen molar-refractivity contribution < 1.29 is 18.3 Å². The Kier molecular flexibility index (Phi) is 6.32. The number of carbonyl (C=O) groups excluding carboxylic acids is 1. The molecule has 0 aromatic heterocycles. The van der Waals surface area contributed by atoms with Gasteiger partial charge in [0, 0.05) is 32.7 Å². The summed E-state index contributed by atoms with van der Waals surface area (Å²) in [6, 6.07) is 5.43. The fourth-order valence-corrected chi connectivity index (χ4v) is 5.35. The fourth-order valence-electron chi connectivity index (χ4n) is 3.82. The van der Waals surface area contributed by atoms with E-state index in [-0.39, 0.29) is 31.4 Å². The Labute approximate surface area is 155 Å². The summed E-state index contributed by atoms with van der Waals surface area (Å²) in [5.41, 5.74) is 2.37. The largest absolute Gasteiger partial charge is 0.396 e. The van der Waals surface area contributed by atoms with Crippen LogP contribution < -0.4 is 5.32 Å². The Morgan fingerprint density at radius 2 is 1.88 bits per heavy atom. The SMILES string of the molecule is O=C1CCN(S(=O)(=O)c2ccc3c(c2)CCC3)CCCC(CO)CCN1. The fraction of sp³-hybridized carbons (Fsp3) is 0.632. The second-order valence-electron chi connectivity index (χ2n) is 7.27. The summed E-state index contributed by atoms with van der Waals surface area (Å²) in [4.78, 5) is 12.3. The van der Waals surface area contributed by atoms with Crippen LogP contribution in [0.4, 0.5) is 0 Å². The molecule has 1 amide bonds. The van der Waals surface area contributed by atoms with Gasteiger partial charge in [-0.3, -0.25) is 4.79 Å². The van der Waals surface area contributed by atoms with Crippen LogP contribution in [0.3, 0.4) is 0 Å². The Balaban J connectivity index is 1.80. The van der Waals surface area contributed by atoms with Crippen molar-refractivity contribution in [1.29, 1.82) is 0 Å². The molecule has 0 saturated carbocycles. The van der Waals surface area contributed by atoms with Gasteiger partial charge in [-0.15, -0.1) is 0 Å². The van der Waals surface area contributed by atoms with E-state index in [1.807, 2.05) is 6.07 Å². The second kappa shape index (κ2) is 8.50. The highest BCUT2D eigenvalue weighted by molar-refractivity contribution is 7.89. The van der Waals surface area contributed by atoms with E-state index in [9.17, 15) is 18.3 Å². The van der Waals surface area contributed by atoms with Gasteiger partial charge in [-0.1, -0.05) is 6.07 Å². The number of aliphatic hydroxyl groups is 1. The maximum absolute atomic E-state index is 13.1. The number of hydrogen-bond acceptors (Lipinski definition) is 4. The van der Waals surface area contributed by atoms with Crippen molar-refractivity contribution in [2.24, 2.45) is 5.92 Å². The number of sulfonamides is 1. The number of nitrogens with one attached hydrogen (secondary N) is 1. The summed E-state index contributed by atoms with van der Waals surface area (Å²) < 4.78 is 27.7. The summed E-state index contributed by atoms with van der Waals surface area (Å²) in [6.07, 6.45) is 5.34. The number of rotatable bonds is 3. The van der Waals surface area contributed by atoms with Gasteiger partial charge < -0.3 is 10.4 Å². The van der Waals surface area contributed by atoms with E-state index in [2.05, 4.69) is 5.32 Å². The van der Waals surface area contributed by atoms with Crippen LogP contribution in [0, 0.1) is 5.92 Å². The Morgan fingerprint density at radius 1 is 1.08 bits per heavy atom. The lowest BCUT2D eigenvalue weighted by Crippen LogP contribution is -2.35. The zero-order chi connectivity index (χ0) is 18.6. The predicted octanol–water partition coefficient (Wildman–Crippen LogP) is 1.46. The molecule has 6 nitrogen and oxygen atoms in total. The number of fused-ring (bicyclic) bond motifs is 1. The zero-order valence-electron chi connectivity index (χ0n) is 15.1. The molecule has 2 aliphatic rings. The van der Waals surface area contributed by atoms with Crippen molar-refractivity contribution in [3.8, 4) is 0 Å². The van der Waals surface area contributed by atoms with Crippen molar-refractivity contribution in [3.05, 3.63) is 29.3 Å². The molecule has 1 aliphatic carbocycles. The summed E-state index contributed by atoms with van der Waals surface area (Å²) in [6.45, 7) is 1.16. The molecule has 2 N–H and O–H groups in total. The first kappa shape index (κ1) is 19.3. The Hall–Kier alpha value is -1.44. The van der Waals surface area contributed by atoms with Crippen LogP contribution in [0.15, 0.2) is 23.1 Å². The third kappa shape index (κ3) is 4.45. The van der Waals surface area contributed by atoms with Gasteiger partial charge in [0.25, 0.3) is 0 Å². The number of benzene rings is 1. The smallest absolute Gasteiger partial charge is 0.243 e. The minimum absolute atomic E-state index is 0.0629. The minimum atomic E-state index is -3.62. The van der Waals surface area contributed by atoms with Gasteiger partial charge in [-0.05, 0) is 67.7 Å². The highest BCUT2D eigenvalue weighted by atomic mass is 32.2. The molecule has 7 heteroatoms. The first-order chi connectivity index (χ1) is 12.5. The number of carbonyl (C=O) groups is 1. The molecule has 0 spiro atoms. The highest BCUT2D eigenvalue weighted by Crippen LogP contribution is 2.27. The van der Waals surface area contributed by atoms with Gasteiger partial charge in [0.15, 0.2) is 0 Å². The van der Waals surface area contributed by atoms with E-state index in [0.717, 1.165) is 37.7 Å². The third-order valence-corrected chi connectivity index (χ3v) is 7.34. The average Bonchev–Trinajstić information content (AvgIpc) is 3.08. The predicted molar refractivity (Wildman–Crippen MR) is 99.3 cm³/mol. The molecule has 1 heterocycles. The monoisotopic (exact) mass is 380 g/mol. The molecule has 1 saturated heterocycles. The normalized spacial score (nSPS) is 23.1. The molecule has 1 aliphatic heterocycles. The van der Waals surface area contributed by atoms with Gasteiger partial charge in [0.05, 0.1) is 4.90 Å². The molecular formula is C19H28N2O4S. The summed E-state index contributed by atoms with van der Waals surface area (Å²) in [5, 5.41) is 12.3. The van der Waals surface area contributed by atoms with E-state index in [1.165, 1.54) is 9.87 Å². The van der Waals surface area contributed by atoms with Crippen LogP contribution in [-0.2, 0) is 27.7 Å². The first-order valence-corrected chi connectivity index (χ1v) is 10.9. The molecule has 1 atom stereocenters. The minimum Gasteiger partial charge on any atom is -0.396 e. The van der Waals surface area contributed by atoms with Crippen LogP contribution in [0.5, 0.6) is 0 Å². The maximum atomic E-state index is 13.1. The number of amides is 1. The number of aliphatic hydroxyl groups excluding tert-OH is 1. The topological polar surface area (TPSA) is 86.7 Å². The van der Waals surface area contributed by atoms with Crippen molar-refractivity contribution >= 4 is 15.9 Å². The first-order valence-electron chi connectivity index (χ1n) is 9.50. The number of aryl methyl sites for hydroxylation is 2. The third-order valence-electron chi connectivity index (χ3n) is 5.45. The van der Waals surface area contributed by atoms with E-state index in [4.69, 9.17) is 0 Å². The highest BCUT2D eigenvalue weighted by Gasteiger charge is 2.27. The average molecular weight is 381 g/mol. The quantitative estimate of drug-likeness (QED) is 0.831. The molecule has 1 unspecified atom stereocenters. The lowest BCUT2D eigenvalue weighted by molar-refractivity contribution is -0.121. The molecular weight excluding hydrogens is 352 g/mol. The van der Waals surface area contributed by atoms with Crippen molar-refractivity contribution in [2.75, 3.05) is 26.2 Å². The molecule has 3 rings (SSSR count). The molecule has 1 aromatic rings. The van der Waals surface area contributed by atoms with Gasteiger partial charge in [-0.25, -0.2) is 8.42 Å². The molecule has 0 radical (unpaired) electrons. The van der Waals surface area contributed by atoms with Crippen LogP contribution in [0.1, 0.15) is 43.2 Å². The lowest BCUT2D eigenvalue weighted by Gasteiger charge is -2.22. The number of nitrogens with zero attached hydrogens (tertiary/aromatic N) is 1. The van der Waals surface area contributed by atoms with Crippen LogP contribution >= 0.6 is 0 Å². The van der Waals surface area contributed by atoms with Crippen LogP contribution in [0.2, 0.25) is 0 Å². The lowest BCUT2D eigenvalue weighted by atomic mass is 10.0. The van der Waals surface area contributed by atoms with Gasteiger partial charge >= 0.3 is 0 Å². The van der Waals surface area contributed by atoms with E-state index >= 15 is 0 Å². The number of hydrogen-bond donors (Lipinski definition) is 2. The molecule has 0 bridgehead atoms. The molecule has 1 fully saturated rings. The van der Waals surface area contributed by atoms with Crippen molar-refractivity contribution in [2.45, 2.75) is 49.8 Å². The maximum Gasteiger partial charge on any atom is 0.243 e. The molecule has 26 heavy (non-hydrogen) atoms. The van der Waals surface area contributed by atoms with Gasteiger partial charge in [0.1, 0.15) is 0 Å².